The van der Waals surface area contributed by atoms with Crippen LogP contribution in [-0.2, 0) is 22.4 Å². The summed E-state index contributed by atoms with van der Waals surface area (Å²) in [5, 5.41) is 5.80. The molecule has 1 aliphatic carbocycles. The van der Waals surface area contributed by atoms with Gasteiger partial charge < -0.3 is 25.0 Å². The number of aromatic nitrogens is 3. The summed E-state index contributed by atoms with van der Waals surface area (Å²) >= 11 is 0. The van der Waals surface area contributed by atoms with Gasteiger partial charge in [0, 0.05) is 68.6 Å². The molecule has 0 saturated carbocycles. The van der Waals surface area contributed by atoms with Gasteiger partial charge in [-0.1, -0.05) is 33.4 Å². The maximum atomic E-state index is 13.9. The van der Waals surface area contributed by atoms with Crippen LogP contribution < -0.4 is 16.0 Å². The van der Waals surface area contributed by atoms with E-state index in [4.69, 9.17) is 4.74 Å². The highest BCUT2D eigenvalue weighted by atomic mass is 16.5. The zero-order chi connectivity index (χ0) is 28.6. The summed E-state index contributed by atoms with van der Waals surface area (Å²) < 4.78 is 5.16. The molecule has 7 heteroatoms. The van der Waals surface area contributed by atoms with Crippen molar-refractivity contribution in [3.8, 4) is 0 Å². The molecule has 40 heavy (non-hydrogen) atoms. The monoisotopic (exact) mass is 538 g/mol. The predicted molar refractivity (Wildman–Crippen MR) is 158 cm³/mol. The van der Waals surface area contributed by atoms with Gasteiger partial charge in [-0.05, 0) is 67.5 Å². The minimum Gasteiger partial charge on any atom is -0.468 e. The minimum atomic E-state index is -0.972. The number of fused-ring (bicyclic) bond motifs is 7. The van der Waals surface area contributed by atoms with Gasteiger partial charge in [-0.3, -0.25) is 9.59 Å². The van der Waals surface area contributed by atoms with Crippen LogP contribution in [0.2, 0.25) is 0 Å². The third-order valence-corrected chi connectivity index (χ3v) is 9.70. The van der Waals surface area contributed by atoms with Crippen LogP contribution in [-0.4, -0.2) is 39.9 Å². The lowest BCUT2D eigenvalue weighted by atomic mass is 9.88. The number of carbonyl (C=O) groups excluding carboxylic acids is 2. The van der Waals surface area contributed by atoms with E-state index in [1.54, 1.807) is 0 Å². The molecule has 4 N–H and O–H groups in total. The van der Waals surface area contributed by atoms with Crippen LogP contribution in [0.3, 0.4) is 0 Å². The van der Waals surface area contributed by atoms with Crippen LogP contribution in [0.5, 0.6) is 0 Å². The number of methoxy groups -OCH3 is 1. The fourth-order valence-electron chi connectivity index (χ4n) is 7.11. The first kappa shape index (κ1) is 26.2. The molecule has 7 nitrogen and oxygen atoms in total. The number of aromatic amines is 3. The molecule has 0 amide bonds. The second kappa shape index (κ2) is 9.29. The van der Waals surface area contributed by atoms with E-state index in [9.17, 15) is 9.59 Å². The van der Waals surface area contributed by atoms with Gasteiger partial charge in [-0.25, -0.2) is 0 Å². The van der Waals surface area contributed by atoms with Crippen molar-refractivity contribution in [2.24, 2.45) is 17.8 Å². The van der Waals surface area contributed by atoms with Crippen LogP contribution >= 0.6 is 0 Å². The molecule has 4 atom stereocenters. The Morgan fingerprint density at radius 3 is 2.50 bits per heavy atom. The zero-order valence-electron chi connectivity index (χ0n) is 24.4. The molecule has 5 heterocycles. The first-order valence-corrected chi connectivity index (χ1v) is 14.2. The number of ether oxygens (including phenoxy) is 1. The third kappa shape index (κ3) is 3.56. The lowest BCUT2D eigenvalue weighted by Gasteiger charge is -2.17. The van der Waals surface area contributed by atoms with Crippen LogP contribution in [0, 0.1) is 38.5 Å². The van der Waals surface area contributed by atoms with Crippen molar-refractivity contribution >= 4 is 35.6 Å². The lowest BCUT2D eigenvalue weighted by molar-refractivity contribution is -0.141. The number of ketones is 1. The Kier molecular flexibility index (Phi) is 6.09. The third-order valence-electron chi connectivity index (χ3n) is 9.70. The average Bonchev–Trinajstić information content (AvgIpc) is 3.66. The molecular weight excluding hydrogens is 500 g/mol. The molecule has 3 aliphatic rings. The van der Waals surface area contributed by atoms with E-state index in [2.05, 4.69) is 73.6 Å². The number of Topliss-reactive ketones (excluding diaryl/α,β-unsaturated/α-hetero) is 1. The summed E-state index contributed by atoms with van der Waals surface area (Å²) in [6, 6.07) is 0.00627. The van der Waals surface area contributed by atoms with Crippen molar-refractivity contribution in [2.75, 3.05) is 7.11 Å². The molecule has 1 fully saturated rings. The van der Waals surface area contributed by atoms with Crippen LogP contribution in [0.25, 0.3) is 23.8 Å². The summed E-state index contributed by atoms with van der Waals surface area (Å²) in [4.78, 5) is 37.9. The highest BCUT2D eigenvalue weighted by Crippen LogP contribution is 2.46. The Balaban J connectivity index is 1.69. The smallest absolute Gasteiger partial charge is 0.321 e. The summed E-state index contributed by atoms with van der Waals surface area (Å²) in [7, 11) is 1.35. The standard InChI is InChI=1S/C33H38N4O3/c1-9-19-16(5)22-11-21-14(3)15(4)30(36-21)28-29(33(39)40-8)32(38)27-18(7)24(37-31(27)28)13-26-20(10-2)17(6)23(35-26)12-25(19)34-22/h9,11-12,14-15,21,29,34-37H,1,10,13H2,2-8H3/b22-11-,25-12-,30-28-/t14-,15-,21?,29+/m0/s1. The van der Waals surface area contributed by atoms with Crippen molar-refractivity contribution < 1.29 is 14.3 Å². The largest absolute Gasteiger partial charge is 0.468 e. The topological polar surface area (TPSA) is 103 Å². The molecule has 1 saturated heterocycles. The maximum absolute atomic E-state index is 13.9. The maximum Gasteiger partial charge on any atom is 0.321 e. The lowest BCUT2D eigenvalue weighted by Crippen LogP contribution is -2.28. The Bertz CT molecular complexity index is 1760. The Morgan fingerprint density at radius 2 is 1.82 bits per heavy atom. The number of esters is 1. The zero-order valence-corrected chi connectivity index (χ0v) is 24.4. The van der Waals surface area contributed by atoms with E-state index in [0.717, 1.165) is 67.9 Å². The van der Waals surface area contributed by atoms with Gasteiger partial charge in [0.2, 0.25) is 0 Å². The van der Waals surface area contributed by atoms with Crippen LogP contribution in [0.4, 0.5) is 0 Å². The van der Waals surface area contributed by atoms with Gasteiger partial charge in [-0.2, -0.15) is 0 Å². The first-order chi connectivity index (χ1) is 19.1. The molecule has 0 radical (unpaired) electrons. The van der Waals surface area contributed by atoms with Crippen LogP contribution in [0.15, 0.2) is 12.3 Å². The number of rotatable bonds is 3. The molecule has 8 bridgehead atoms. The number of hydrogen-bond donors (Lipinski definition) is 4. The predicted octanol–water partition coefficient (Wildman–Crippen LogP) is 3.96. The van der Waals surface area contributed by atoms with Gasteiger partial charge in [-0.15, -0.1) is 0 Å². The van der Waals surface area contributed by atoms with Gasteiger partial charge in [0.25, 0.3) is 0 Å². The highest BCUT2D eigenvalue weighted by Gasteiger charge is 2.48. The van der Waals surface area contributed by atoms with Gasteiger partial charge in [0.1, 0.15) is 5.92 Å². The van der Waals surface area contributed by atoms with E-state index >= 15 is 0 Å². The number of carbonyl (C=O) groups is 2. The normalized spacial score (nSPS) is 26.6. The quantitative estimate of drug-likeness (QED) is 0.300. The molecular formula is C33H38N4O3. The van der Waals surface area contributed by atoms with E-state index in [-0.39, 0.29) is 23.7 Å². The Labute approximate surface area is 234 Å². The number of nitrogens with one attached hydrogen (secondary N) is 4. The van der Waals surface area contributed by atoms with Crippen molar-refractivity contribution in [1.82, 2.24) is 20.3 Å². The number of hydrogen-bond acceptors (Lipinski definition) is 4. The molecule has 1 unspecified atom stereocenters. The number of H-pyrrole nitrogens is 3. The molecule has 208 valence electrons. The molecule has 3 aromatic rings. The van der Waals surface area contributed by atoms with Crippen molar-refractivity contribution in [2.45, 2.75) is 60.4 Å². The molecule has 0 spiro atoms. The molecule has 3 aromatic heterocycles. The summed E-state index contributed by atoms with van der Waals surface area (Å²) in [6.45, 7) is 16.9. The van der Waals surface area contributed by atoms with Crippen molar-refractivity contribution in [1.29, 1.82) is 0 Å². The molecule has 0 aromatic carbocycles. The minimum absolute atomic E-state index is 0.00627. The fourth-order valence-corrected chi connectivity index (χ4v) is 7.11. The Hall–Kier alpha value is -4.00. The van der Waals surface area contributed by atoms with Crippen molar-refractivity contribution in [3.05, 3.63) is 79.1 Å². The van der Waals surface area contributed by atoms with E-state index in [1.165, 1.54) is 18.2 Å². The second-order valence-electron chi connectivity index (χ2n) is 11.6. The molecule has 2 aliphatic heterocycles. The first-order valence-electron chi connectivity index (χ1n) is 14.2. The Morgan fingerprint density at radius 1 is 1.07 bits per heavy atom. The summed E-state index contributed by atoms with van der Waals surface area (Å²) in [5.74, 6) is -1.35. The van der Waals surface area contributed by atoms with Gasteiger partial charge >= 0.3 is 5.97 Å². The highest BCUT2D eigenvalue weighted by molar-refractivity contribution is 6.24. The van der Waals surface area contributed by atoms with Crippen molar-refractivity contribution in [3.63, 3.8) is 0 Å². The summed E-state index contributed by atoms with van der Waals surface area (Å²) in [5.41, 5.74) is 11.8. The summed E-state index contributed by atoms with van der Waals surface area (Å²) in [6.07, 6.45) is 7.87. The van der Waals surface area contributed by atoms with Gasteiger partial charge in [0.05, 0.1) is 12.8 Å². The second-order valence-corrected chi connectivity index (χ2v) is 11.6. The average molecular weight is 539 g/mol. The van der Waals surface area contributed by atoms with E-state index in [0.29, 0.717) is 12.0 Å². The van der Waals surface area contributed by atoms with Gasteiger partial charge in [0.15, 0.2) is 5.78 Å². The SMILES string of the molecule is C=Cc1c(C)/c2[nH]/c1=C\c1[nH]c(c(CC)c1C)Cc1[nH]c3c(c1C)C(=O)[C@H](C(=O)OC)/C3=C1/NC(\C=2)[C@@H](C)[C@@H]1C. The fraction of sp³-hybridized carbons (Fsp3) is 0.394. The van der Waals surface area contributed by atoms with E-state index in [1.807, 2.05) is 13.0 Å². The molecule has 6 rings (SSSR count). The van der Waals surface area contributed by atoms with E-state index < -0.39 is 11.9 Å². The van der Waals surface area contributed by atoms with Crippen LogP contribution in [0.1, 0.15) is 81.7 Å². The number of allylic oxidation sites excluding steroid dienone is 1.